The highest BCUT2D eigenvalue weighted by Crippen LogP contribution is 2.25. The summed E-state index contributed by atoms with van der Waals surface area (Å²) in [7, 11) is 3.54. The highest BCUT2D eigenvalue weighted by molar-refractivity contribution is 6.37. The lowest BCUT2D eigenvalue weighted by Crippen LogP contribution is -2.36. The molecule has 1 aromatic carbocycles. The zero-order valence-corrected chi connectivity index (χ0v) is 11.2. The predicted octanol–water partition coefficient (Wildman–Crippen LogP) is 1.73. The second kappa shape index (κ2) is 6.34. The fraction of sp³-hybridized carbons (Fsp3) is 0.538. The fourth-order valence-corrected chi connectivity index (χ4v) is 1.92. The van der Waals surface area contributed by atoms with Crippen molar-refractivity contribution in [2.45, 2.75) is 19.1 Å². The Morgan fingerprint density at radius 2 is 1.78 bits per heavy atom. The molecule has 5 heteroatoms. The summed E-state index contributed by atoms with van der Waals surface area (Å²) in [6.07, 6.45) is -0.0655. The van der Waals surface area contributed by atoms with E-state index in [9.17, 15) is 0 Å². The van der Waals surface area contributed by atoms with Crippen molar-refractivity contribution in [2.75, 3.05) is 27.3 Å². The molecule has 0 saturated carbocycles. The van der Waals surface area contributed by atoms with Gasteiger partial charge in [-0.05, 0) is 26.6 Å². The molecular formula is C13H20BNO3. The summed E-state index contributed by atoms with van der Waals surface area (Å²) in [5.41, 5.74) is 1.14. The van der Waals surface area contributed by atoms with Gasteiger partial charge in [-0.15, -0.1) is 0 Å². The Morgan fingerprint density at radius 1 is 1.17 bits per heavy atom. The van der Waals surface area contributed by atoms with Gasteiger partial charge in [0.25, 0.3) is 0 Å². The maximum Gasteiger partial charge on any atom is 0.640 e. The smallest absolute Gasteiger partial charge is 0.384 e. The molecule has 0 bridgehead atoms. The quantitative estimate of drug-likeness (QED) is 0.743. The van der Waals surface area contributed by atoms with Gasteiger partial charge in [0.15, 0.2) is 0 Å². The lowest BCUT2D eigenvalue weighted by Gasteiger charge is -2.30. The van der Waals surface area contributed by atoms with Crippen molar-refractivity contribution in [2.24, 2.45) is 0 Å². The number of likely N-dealkylation sites (N-methyl/N-ethyl adjacent to an activating group) is 1. The molecule has 0 N–H and O–H groups in total. The Morgan fingerprint density at radius 3 is 2.33 bits per heavy atom. The van der Waals surface area contributed by atoms with Gasteiger partial charge in [0.05, 0.1) is 19.3 Å². The summed E-state index contributed by atoms with van der Waals surface area (Å²) in [6, 6.07) is 10.4. The summed E-state index contributed by atoms with van der Waals surface area (Å²) >= 11 is 0. The number of nitrogens with zero attached hydrogens (tertiary/aromatic N) is 1. The lowest BCUT2D eigenvalue weighted by atomic mass is 10.0. The first kappa shape index (κ1) is 13.6. The van der Waals surface area contributed by atoms with Gasteiger partial charge in [-0.1, -0.05) is 30.3 Å². The molecule has 1 aromatic rings. The second-order valence-corrected chi connectivity index (χ2v) is 4.70. The van der Waals surface area contributed by atoms with E-state index in [1.165, 1.54) is 0 Å². The number of hydrogen-bond donors (Lipinski definition) is 0. The molecule has 0 aromatic heterocycles. The van der Waals surface area contributed by atoms with E-state index in [1.807, 2.05) is 32.3 Å². The van der Waals surface area contributed by atoms with E-state index in [-0.39, 0.29) is 12.1 Å². The summed E-state index contributed by atoms with van der Waals surface area (Å²) in [6.45, 7) is 3.33. The van der Waals surface area contributed by atoms with E-state index in [4.69, 9.17) is 14.0 Å². The van der Waals surface area contributed by atoms with E-state index in [0.29, 0.717) is 13.2 Å². The molecule has 0 unspecified atom stereocenters. The van der Waals surface area contributed by atoms with Crippen LogP contribution in [0, 0.1) is 0 Å². The van der Waals surface area contributed by atoms with Crippen molar-refractivity contribution in [1.29, 1.82) is 0 Å². The monoisotopic (exact) mass is 249 g/mol. The molecule has 4 nitrogen and oxygen atoms in total. The van der Waals surface area contributed by atoms with Crippen LogP contribution in [0.1, 0.15) is 18.6 Å². The summed E-state index contributed by atoms with van der Waals surface area (Å²) in [5.74, 6) is 0. The first-order chi connectivity index (χ1) is 8.68. The minimum absolute atomic E-state index is 0.0655. The number of benzene rings is 1. The Hall–Kier alpha value is -0.875. The number of hydrogen-bond acceptors (Lipinski definition) is 4. The van der Waals surface area contributed by atoms with Crippen molar-refractivity contribution < 1.29 is 14.0 Å². The molecule has 2 atom stereocenters. The molecule has 1 aliphatic rings. The van der Waals surface area contributed by atoms with Crippen LogP contribution in [0.15, 0.2) is 30.3 Å². The van der Waals surface area contributed by atoms with Crippen molar-refractivity contribution in [3.05, 3.63) is 35.9 Å². The molecule has 0 radical (unpaired) electrons. The van der Waals surface area contributed by atoms with Gasteiger partial charge < -0.3 is 18.9 Å². The SMILES string of the molecule is C[C@@H]([C@H](OB1OCCO1)c1ccccc1)N(C)C. The molecule has 0 spiro atoms. The molecule has 1 fully saturated rings. The Bertz CT molecular complexity index is 355. The van der Waals surface area contributed by atoms with Gasteiger partial charge in [-0.3, -0.25) is 0 Å². The average molecular weight is 249 g/mol. The molecule has 98 valence electrons. The first-order valence-electron chi connectivity index (χ1n) is 6.28. The molecule has 1 saturated heterocycles. The van der Waals surface area contributed by atoms with Crippen LogP contribution in [-0.2, 0) is 14.0 Å². The van der Waals surface area contributed by atoms with Crippen molar-refractivity contribution in [1.82, 2.24) is 4.90 Å². The lowest BCUT2D eigenvalue weighted by molar-refractivity contribution is 0.0581. The van der Waals surface area contributed by atoms with E-state index in [2.05, 4.69) is 24.0 Å². The highest BCUT2D eigenvalue weighted by Gasteiger charge is 2.33. The van der Waals surface area contributed by atoms with Gasteiger partial charge in [0.1, 0.15) is 0 Å². The second-order valence-electron chi connectivity index (χ2n) is 4.70. The molecule has 18 heavy (non-hydrogen) atoms. The molecular weight excluding hydrogens is 229 g/mol. The van der Waals surface area contributed by atoms with Gasteiger partial charge >= 0.3 is 7.32 Å². The molecule has 1 aliphatic heterocycles. The maximum atomic E-state index is 5.93. The Balaban J connectivity index is 2.11. The number of rotatable bonds is 5. The molecule has 0 amide bonds. The van der Waals surface area contributed by atoms with Crippen molar-refractivity contribution in [3.8, 4) is 0 Å². The predicted molar refractivity (Wildman–Crippen MR) is 71.1 cm³/mol. The van der Waals surface area contributed by atoms with Crippen LogP contribution in [0.25, 0.3) is 0 Å². The van der Waals surface area contributed by atoms with Crippen LogP contribution >= 0.6 is 0 Å². The van der Waals surface area contributed by atoms with Gasteiger partial charge in [-0.25, -0.2) is 0 Å². The van der Waals surface area contributed by atoms with Crippen LogP contribution in [0.5, 0.6) is 0 Å². The van der Waals surface area contributed by atoms with Gasteiger partial charge in [0, 0.05) is 6.04 Å². The van der Waals surface area contributed by atoms with Crippen molar-refractivity contribution in [3.63, 3.8) is 0 Å². The zero-order chi connectivity index (χ0) is 13.0. The fourth-order valence-electron chi connectivity index (χ4n) is 1.92. The third kappa shape index (κ3) is 3.33. The van der Waals surface area contributed by atoms with Gasteiger partial charge in [0.2, 0.25) is 0 Å². The van der Waals surface area contributed by atoms with E-state index >= 15 is 0 Å². The van der Waals surface area contributed by atoms with Crippen LogP contribution in [-0.4, -0.2) is 45.6 Å². The third-order valence-electron chi connectivity index (χ3n) is 3.23. The van der Waals surface area contributed by atoms with E-state index in [0.717, 1.165) is 5.56 Å². The maximum absolute atomic E-state index is 5.93. The van der Waals surface area contributed by atoms with Gasteiger partial charge in [-0.2, -0.15) is 0 Å². The summed E-state index contributed by atoms with van der Waals surface area (Å²) in [4.78, 5) is 2.13. The zero-order valence-electron chi connectivity index (χ0n) is 11.2. The Kier molecular flexibility index (Phi) is 4.77. The molecule has 0 aliphatic carbocycles. The van der Waals surface area contributed by atoms with Crippen LogP contribution in [0.3, 0.4) is 0 Å². The van der Waals surface area contributed by atoms with Crippen LogP contribution < -0.4 is 0 Å². The third-order valence-corrected chi connectivity index (χ3v) is 3.23. The summed E-state index contributed by atoms with van der Waals surface area (Å²) in [5, 5.41) is 0. The van der Waals surface area contributed by atoms with E-state index < -0.39 is 7.32 Å². The minimum Gasteiger partial charge on any atom is -0.384 e. The standard InChI is InChI=1S/C13H20BNO3/c1-11(15(2)3)13(12-7-5-4-6-8-12)18-14-16-9-10-17-14/h4-8,11,13H,9-10H2,1-3H3/t11-,13-/m0/s1. The average Bonchev–Trinajstić information content (AvgIpc) is 2.89. The molecule has 1 heterocycles. The van der Waals surface area contributed by atoms with Crippen LogP contribution in [0.2, 0.25) is 0 Å². The normalized spacial score (nSPS) is 19.2. The van der Waals surface area contributed by atoms with Crippen LogP contribution in [0.4, 0.5) is 0 Å². The molecule has 2 rings (SSSR count). The minimum atomic E-state index is -0.544. The topological polar surface area (TPSA) is 30.9 Å². The summed E-state index contributed by atoms with van der Waals surface area (Å²) < 4.78 is 16.7. The van der Waals surface area contributed by atoms with E-state index in [1.54, 1.807) is 0 Å². The largest absolute Gasteiger partial charge is 0.640 e. The Labute approximate surface area is 109 Å². The first-order valence-corrected chi connectivity index (χ1v) is 6.28. The van der Waals surface area contributed by atoms with Crippen molar-refractivity contribution >= 4 is 7.32 Å². The highest BCUT2D eigenvalue weighted by atomic mass is 16.8.